The van der Waals surface area contributed by atoms with Gasteiger partial charge in [0.15, 0.2) is 16.6 Å². The highest BCUT2D eigenvalue weighted by Gasteiger charge is 2.34. The standard InChI is InChI=1S/C16H15F3.C16H18.C14H14O.C12H30O2Si2.C8H10.C6H9N/c1-10-4-6-13(12(3)8-10)14-7-5-11(2)9-15(14)16(17,18)19;1-11-5-7-15(9-13(11)3)16-8-6-12(2)14(4)10-16;1-11-3-7-13(8-4-11)15-14-9-5-12(2)6-10-14;1-7-8-11-15(3,4)14-16(5,6)12-9-10-13-2;1-7-3-5-8(2)6-4-7;1-5-3-4-6(2)7-5/h4-9H,1-3H3;5-10H,1-4H3;3-10H,1-2H3;7-12H2,1-6H3;3-6H,1-2H3;3H,4H2,1-2H3. The molecule has 7 aromatic rings. The third kappa shape index (κ3) is 26.6. The van der Waals surface area contributed by atoms with Gasteiger partial charge in [-0.1, -0.05) is 174 Å². The van der Waals surface area contributed by atoms with Gasteiger partial charge < -0.3 is 13.6 Å². The maximum absolute atomic E-state index is 13.1. The Kier molecular flexibility index (Phi) is 28.8. The first-order valence-electron chi connectivity index (χ1n) is 28.7. The van der Waals surface area contributed by atoms with Gasteiger partial charge in [-0.25, -0.2) is 0 Å². The van der Waals surface area contributed by atoms with E-state index in [0.717, 1.165) is 47.8 Å². The topological polar surface area (TPSA) is 40.0 Å². The average molecular weight is 1140 g/mol. The molecule has 7 aromatic carbocycles. The van der Waals surface area contributed by atoms with Gasteiger partial charge in [-0.05, 0) is 215 Å². The summed E-state index contributed by atoms with van der Waals surface area (Å²) in [6, 6.07) is 50.4. The van der Waals surface area contributed by atoms with Crippen molar-refractivity contribution in [3.05, 3.63) is 224 Å². The van der Waals surface area contributed by atoms with Crippen LogP contribution in [0.4, 0.5) is 13.2 Å². The van der Waals surface area contributed by atoms with Crippen LogP contribution in [-0.4, -0.2) is 36.1 Å². The maximum Gasteiger partial charge on any atom is 0.417 e. The minimum atomic E-state index is -4.33. The van der Waals surface area contributed by atoms with Crippen molar-refractivity contribution in [1.29, 1.82) is 0 Å². The fourth-order valence-corrected chi connectivity index (χ4v) is 17.9. The monoisotopic (exact) mass is 1140 g/mol. The van der Waals surface area contributed by atoms with Crippen LogP contribution in [0.25, 0.3) is 22.3 Å². The van der Waals surface area contributed by atoms with E-state index in [1.165, 1.54) is 92.3 Å². The van der Waals surface area contributed by atoms with E-state index < -0.39 is 28.4 Å². The number of aliphatic imine (C=N–C) groups is 1. The minimum absolute atomic E-state index is 0.246. The van der Waals surface area contributed by atoms with Crippen molar-refractivity contribution >= 4 is 22.3 Å². The fourth-order valence-electron chi connectivity index (χ4n) is 8.85. The zero-order valence-corrected chi connectivity index (χ0v) is 54.7. The molecule has 0 spiro atoms. The number of allylic oxidation sites excluding steroid dienone is 2. The summed E-state index contributed by atoms with van der Waals surface area (Å²) in [5.41, 5.74) is 18.4. The quantitative estimate of drug-likeness (QED) is 0.0853. The summed E-state index contributed by atoms with van der Waals surface area (Å²) in [5, 5.41) is 0. The second kappa shape index (κ2) is 33.7. The molecule has 0 unspecified atom stereocenters. The van der Waals surface area contributed by atoms with Crippen LogP contribution in [0, 0.1) is 76.2 Å². The van der Waals surface area contributed by atoms with Crippen molar-refractivity contribution in [2.45, 2.75) is 167 Å². The first-order valence-corrected chi connectivity index (χ1v) is 34.9. The highest BCUT2D eigenvalue weighted by atomic mass is 28.4. The van der Waals surface area contributed by atoms with Gasteiger partial charge in [0, 0.05) is 31.5 Å². The lowest BCUT2D eigenvalue weighted by Gasteiger charge is -2.34. The summed E-state index contributed by atoms with van der Waals surface area (Å²) in [6.45, 7) is 39.0. The molecule has 0 fully saturated rings. The number of alkyl halides is 3. The van der Waals surface area contributed by atoms with Gasteiger partial charge in [0.05, 0.1) is 5.56 Å². The molecule has 0 aliphatic carbocycles. The Labute approximate surface area is 490 Å². The fraction of sp³-hybridized carbons (Fsp3) is 0.375. The van der Waals surface area contributed by atoms with E-state index in [0.29, 0.717) is 11.1 Å². The van der Waals surface area contributed by atoms with Gasteiger partial charge >= 0.3 is 6.18 Å². The van der Waals surface area contributed by atoms with Crippen LogP contribution >= 0.6 is 0 Å². The number of hydrogen-bond donors (Lipinski definition) is 0. The zero-order chi connectivity index (χ0) is 60.5. The van der Waals surface area contributed by atoms with E-state index in [-0.39, 0.29) is 5.56 Å². The SMILES string of the molecule is CC1=CCC(C)=N1.CCCC[Si](C)(C)O[Si](C)(C)CCCOC.Cc1ccc(-c2ccc(C)c(C)c2)cc1C.Cc1ccc(-c2ccc(C)cc2C(F)(F)F)c(C)c1.Cc1ccc(C)cc1.Cc1ccc(Oc2ccc(C)cc2)cc1. The predicted octanol–water partition coefficient (Wildman–Crippen LogP) is 22.3. The second-order valence-corrected chi connectivity index (χ2v) is 31.9. The number of benzene rings is 7. The molecule has 0 N–H and O–H groups in total. The lowest BCUT2D eigenvalue weighted by molar-refractivity contribution is -0.137. The van der Waals surface area contributed by atoms with Crippen LogP contribution in [0.15, 0.2) is 162 Å². The molecular weight excluding hydrogens is 1040 g/mol. The third-order valence-corrected chi connectivity index (χ3v) is 21.4. The molecule has 81 heavy (non-hydrogen) atoms. The van der Waals surface area contributed by atoms with E-state index in [1.807, 2.05) is 88.4 Å². The highest BCUT2D eigenvalue weighted by Crippen LogP contribution is 2.39. The predicted molar refractivity (Wildman–Crippen MR) is 349 cm³/mol. The number of rotatable bonds is 13. The van der Waals surface area contributed by atoms with E-state index in [9.17, 15) is 13.2 Å². The lowest BCUT2D eigenvalue weighted by atomic mass is 9.93. The van der Waals surface area contributed by atoms with Gasteiger partial charge in [0.1, 0.15) is 11.5 Å². The molecule has 0 bridgehead atoms. The second-order valence-electron chi connectivity index (χ2n) is 23.1. The Hall–Kier alpha value is -6.11. The van der Waals surface area contributed by atoms with Crippen molar-refractivity contribution < 1.29 is 26.8 Å². The number of methoxy groups -OCH3 is 1. The molecule has 9 heteroatoms. The Morgan fingerprint density at radius 3 is 1.22 bits per heavy atom. The van der Waals surface area contributed by atoms with Crippen LogP contribution in [0.2, 0.25) is 38.3 Å². The Morgan fingerprint density at radius 2 is 0.864 bits per heavy atom. The summed E-state index contributed by atoms with van der Waals surface area (Å²) >= 11 is 0. The van der Waals surface area contributed by atoms with E-state index in [4.69, 9.17) is 13.6 Å². The van der Waals surface area contributed by atoms with E-state index in [1.54, 1.807) is 32.2 Å². The van der Waals surface area contributed by atoms with Gasteiger partial charge in [-0.15, -0.1) is 0 Å². The molecule has 1 heterocycles. The first-order chi connectivity index (χ1) is 38.0. The Bertz CT molecular complexity index is 2950. The van der Waals surface area contributed by atoms with Crippen LogP contribution in [0.3, 0.4) is 0 Å². The molecule has 1 aliphatic rings. The molecule has 0 saturated carbocycles. The van der Waals surface area contributed by atoms with Crippen LogP contribution in [-0.2, 0) is 15.0 Å². The average Bonchev–Trinajstić information content (AvgIpc) is 3.90. The van der Waals surface area contributed by atoms with Crippen LogP contribution in [0.5, 0.6) is 11.5 Å². The van der Waals surface area contributed by atoms with Crippen molar-refractivity contribution in [3.63, 3.8) is 0 Å². The van der Waals surface area contributed by atoms with E-state index >= 15 is 0 Å². The molecular formula is C72H96F3NO3Si2. The zero-order valence-electron chi connectivity index (χ0n) is 52.7. The minimum Gasteiger partial charge on any atom is -0.457 e. The number of nitrogens with zero attached hydrogens (tertiary/aromatic N) is 1. The number of ether oxygens (including phenoxy) is 2. The van der Waals surface area contributed by atoms with Crippen molar-refractivity contribution in [3.8, 4) is 33.8 Å². The molecule has 4 nitrogen and oxygen atoms in total. The lowest BCUT2D eigenvalue weighted by Crippen LogP contribution is -2.44. The van der Waals surface area contributed by atoms with Crippen LogP contribution < -0.4 is 4.74 Å². The number of hydrogen-bond acceptors (Lipinski definition) is 4. The van der Waals surface area contributed by atoms with Crippen LogP contribution in [0.1, 0.15) is 113 Å². The van der Waals surface area contributed by atoms with Crippen molar-refractivity contribution in [2.24, 2.45) is 4.99 Å². The van der Waals surface area contributed by atoms with Crippen molar-refractivity contribution in [2.75, 3.05) is 13.7 Å². The molecule has 0 aromatic heterocycles. The molecule has 0 atom stereocenters. The number of halogens is 3. The molecule has 0 radical (unpaired) electrons. The van der Waals surface area contributed by atoms with E-state index in [2.05, 4.69) is 160 Å². The largest absolute Gasteiger partial charge is 0.457 e. The number of aryl methyl sites for hydroxylation is 11. The normalized spacial score (nSPS) is 11.8. The van der Waals surface area contributed by atoms with Gasteiger partial charge in [0.2, 0.25) is 0 Å². The molecule has 0 amide bonds. The first kappa shape index (κ1) is 69.2. The van der Waals surface area contributed by atoms with Gasteiger partial charge in [-0.2, -0.15) is 13.2 Å². The highest BCUT2D eigenvalue weighted by molar-refractivity contribution is 6.84. The third-order valence-electron chi connectivity index (χ3n) is 13.9. The Balaban J connectivity index is 0.000000262. The molecule has 8 rings (SSSR count). The molecule has 0 saturated heterocycles. The van der Waals surface area contributed by atoms with Crippen molar-refractivity contribution in [1.82, 2.24) is 0 Å². The smallest absolute Gasteiger partial charge is 0.417 e. The molecule has 436 valence electrons. The van der Waals surface area contributed by atoms with Gasteiger partial charge in [0.25, 0.3) is 0 Å². The molecule has 1 aliphatic heterocycles. The summed E-state index contributed by atoms with van der Waals surface area (Å²) in [5.74, 6) is 1.76. The Morgan fingerprint density at radius 1 is 0.457 bits per heavy atom. The van der Waals surface area contributed by atoms with Gasteiger partial charge in [-0.3, -0.25) is 4.99 Å². The number of unbranched alkanes of at least 4 members (excludes halogenated alkanes) is 1. The maximum atomic E-state index is 13.1. The summed E-state index contributed by atoms with van der Waals surface area (Å²) in [7, 11) is -1.07. The summed E-state index contributed by atoms with van der Waals surface area (Å²) in [4.78, 5) is 4.17. The summed E-state index contributed by atoms with van der Waals surface area (Å²) < 4.78 is 56.7. The summed E-state index contributed by atoms with van der Waals surface area (Å²) in [6.07, 6.45) is 2.61.